The number of aromatic nitrogens is 3. The van der Waals surface area contributed by atoms with E-state index in [0.29, 0.717) is 0 Å². The van der Waals surface area contributed by atoms with Gasteiger partial charge in [0.15, 0.2) is 0 Å². The molecule has 134 valence electrons. The number of ether oxygens (including phenoxy) is 1. The maximum Gasteiger partial charge on any atom is 0.248 e. The molecule has 0 saturated heterocycles. The lowest BCUT2D eigenvalue weighted by atomic mass is 9.96. The van der Waals surface area contributed by atoms with Crippen molar-refractivity contribution < 1.29 is 9.53 Å². The van der Waals surface area contributed by atoms with E-state index in [1.165, 1.54) is 6.33 Å². The summed E-state index contributed by atoms with van der Waals surface area (Å²) >= 11 is 0. The van der Waals surface area contributed by atoms with Gasteiger partial charge < -0.3 is 10.1 Å². The lowest BCUT2D eigenvalue weighted by Gasteiger charge is -2.28. The Bertz CT molecular complexity index is 843. The number of rotatable bonds is 6. The van der Waals surface area contributed by atoms with Gasteiger partial charge in [0, 0.05) is 0 Å². The third-order valence-corrected chi connectivity index (χ3v) is 4.40. The molecule has 0 spiro atoms. The molecule has 0 unspecified atom stereocenters. The third kappa shape index (κ3) is 3.59. The molecule has 1 aromatic heterocycles. The van der Waals surface area contributed by atoms with Crippen LogP contribution in [0.3, 0.4) is 0 Å². The van der Waals surface area contributed by atoms with Crippen molar-refractivity contribution in [3.63, 3.8) is 0 Å². The van der Waals surface area contributed by atoms with Crippen molar-refractivity contribution >= 4 is 5.91 Å². The molecule has 3 rings (SSSR count). The zero-order chi connectivity index (χ0) is 18.6. The van der Waals surface area contributed by atoms with Gasteiger partial charge in [0.1, 0.15) is 23.9 Å². The van der Waals surface area contributed by atoms with Gasteiger partial charge in [-0.25, -0.2) is 9.67 Å². The van der Waals surface area contributed by atoms with E-state index in [0.717, 1.165) is 16.9 Å². The van der Waals surface area contributed by atoms with Gasteiger partial charge in [-0.3, -0.25) is 4.79 Å². The molecular weight excluding hydrogens is 328 g/mol. The Morgan fingerprint density at radius 3 is 2.31 bits per heavy atom. The van der Waals surface area contributed by atoms with Crippen molar-refractivity contribution in [3.8, 4) is 5.75 Å². The molecule has 26 heavy (non-hydrogen) atoms. The second-order valence-electron chi connectivity index (χ2n) is 6.49. The summed E-state index contributed by atoms with van der Waals surface area (Å²) in [6, 6.07) is 17.3. The number of methoxy groups -OCH3 is 1. The minimum absolute atomic E-state index is 0.146. The first-order valence-corrected chi connectivity index (χ1v) is 8.37. The molecule has 6 nitrogen and oxygen atoms in total. The van der Waals surface area contributed by atoms with Crippen LogP contribution in [0.25, 0.3) is 0 Å². The molecule has 6 heteroatoms. The van der Waals surface area contributed by atoms with Gasteiger partial charge in [-0.15, -0.1) is 0 Å². The standard InChI is InChI=1S/C20H22N4O2/c1-20(2,24-14-21-13-22-24)19(25)23-18(15-7-5-4-6-8-15)16-9-11-17(26-3)12-10-16/h4-14,18H,1-3H3,(H,23,25)/t18-/m1/s1. The molecule has 0 radical (unpaired) electrons. The predicted molar refractivity (Wildman–Crippen MR) is 98.8 cm³/mol. The van der Waals surface area contributed by atoms with Crippen molar-refractivity contribution in [2.75, 3.05) is 7.11 Å². The summed E-state index contributed by atoms with van der Waals surface area (Å²) in [5.74, 6) is 0.627. The van der Waals surface area contributed by atoms with E-state index in [-0.39, 0.29) is 11.9 Å². The van der Waals surface area contributed by atoms with Gasteiger partial charge in [-0.2, -0.15) is 5.10 Å². The van der Waals surface area contributed by atoms with E-state index in [4.69, 9.17) is 4.74 Å². The second kappa shape index (κ2) is 7.39. The summed E-state index contributed by atoms with van der Waals surface area (Å²) in [6.45, 7) is 3.63. The summed E-state index contributed by atoms with van der Waals surface area (Å²) in [5, 5.41) is 7.26. The number of amides is 1. The molecule has 1 amide bonds. The molecule has 0 aliphatic heterocycles. The van der Waals surface area contributed by atoms with Crippen LogP contribution in [0.2, 0.25) is 0 Å². The Morgan fingerprint density at radius 2 is 1.73 bits per heavy atom. The van der Waals surface area contributed by atoms with E-state index in [9.17, 15) is 4.79 Å². The Kier molecular flexibility index (Phi) is 5.02. The van der Waals surface area contributed by atoms with Crippen LogP contribution in [0.4, 0.5) is 0 Å². The van der Waals surface area contributed by atoms with Crippen molar-refractivity contribution in [3.05, 3.63) is 78.4 Å². The average Bonchev–Trinajstić information content (AvgIpc) is 3.22. The summed E-state index contributed by atoms with van der Waals surface area (Å²) in [6.07, 6.45) is 2.97. The molecule has 3 aromatic rings. The maximum atomic E-state index is 13.0. The van der Waals surface area contributed by atoms with E-state index in [2.05, 4.69) is 15.4 Å². The van der Waals surface area contributed by atoms with Gasteiger partial charge in [-0.05, 0) is 37.1 Å². The summed E-state index contributed by atoms with van der Waals surface area (Å²) in [7, 11) is 1.63. The fraction of sp³-hybridized carbons (Fsp3) is 0.250. The Morgan fingerprint density at radius 1 is 1.08 bits per heavy atom. The van der Waals surface area contributed by atoms with E-state index < -0.39 is 5.54 Å². The number of nitrogens with zero attached hydrogens (tertiary/aromatic N) is 3. The number of nitrogens with one attached hydrogen (secondary N) is 1. The van der Waals surface area contributed by atoms with Crippen LogP contribution in [-0.2, 0) is 10.3 Å². The summed E-state index contributed by atoms with van der Waals surface area (Å²) < 4.78 is 6.79. The van der Waals surface area contributed by atoms with Crippen LogP contribution >= 0.6 is 0 Å². The molecule has 1 atom stereocenters. The monoisotopic (exact) mass is 350 g/mol. The van der Waals surface area contributed by atoms with Gasteiger partial charge >= 0.3 is 0 Å². The highest BCUT2D eigenvalue weighted by molar-refractivity contribution is 5.84. The molecule has 0 aliphatic rings. The zero-order valence-corrected chi connectivity index (χ0v) is 15.1. The van der Waals surface area contributed by atoms with Crippen LogP contribution in [0.15, 0.2) is 67.3 Å². The van der Waals surface area contributed by atoms with Crippen LogP contribution in [0.1, 0.15) is 31.0 Å². The highest BCUT2D eigenvalue weighted by atomic mass is 16.5. The van der Waals surface area contributed by atoms with Crippen molar-refractivity contribution in [1.29, 1.82) is 0 Å². The Hall–Kier alpha value is -3.15. The number of benzene rings is 2. The molecule has 0 saturated carbocycles. The normalized spacial score (nSPS) is 12.4. The number of hydrogen-bond acceptors (Lipinski definition) is 4. The number of hydrogen-bond donors (Lipinski definition) is 1. The quantitative estimate of drug-likeness (QED) is 0.742. The second-order valence-corrected chi connectivity index (χ2v) is 6.49. The van der Waals surface area contributed by atoms with Crippen molar-refractivity contribution in [1.82, 2.24) is 20.1 Å². The topological polar surface area (TPSA) is 69.0 Å². The van der Waals surface area contributed by atoms with E-state index >= 15 is 0 Å². The lowest BCUT2D eigenvalue weighted by Crippen LogP contribution is -2.46. The van der Waals surface area contributed by atoms with Gasteiger partial charge in [-0.1, -0.05) is 42.5 Å². The smallest absolute Gasteiger partial charge is 0.248 e. The largest absolute Gasteiger partial charge is 0.497 e. The fourth-order valence-electron chi connectivity index (χ4n) is 2.71. The minimum Gasteiger partial charge on any atom is -0.497 e. The Balaban J connectivity index is 1.92. The molecule has 0 fully saturated rings. The Labute approximate surface area is 152 Å². The lowest BCUT2D eigenvalue weighted by molar-refractivity contribution is -0.129. The predicted octanol–water partition coefficient (Wildman–Crippen LogP) is 2.93. The SMILES string of the molecule is COc1ccc([C@H](NC(=O)C(C)(C)n2cncn2)c2ccccc2)cc1. The summed E-state index contributed by atoms with van der Waals surface area (Å²) in [4.78, 5) is 17.0. The molecule has 2 aromatic carbocycles. The molecule has 0 bridgehead atoms. The molecular formula is C20H22N4O2. The zero-order valence-electron chi connectivity index (χ0n) is 15.1. The fourth-order valence-corrected chi connectivity index (χ4v) is 2.71. The molecule has 1 N–H and O–H groups in total. The van der Waals surface area contributed by atoms with Crippen molar-refractivity contribution in [2.45, 2.75) is 25.4 Å². The van der Waals surface area contributed by atoms with E-state index in [1.807, 2.05) is 68.4 Å². The van der Waals surface area contributed by atoms with Gasteiger partial charge in [0.05, 0.1) is 13.2 Å². The first-order chi connectivity index (χ1) is 12.5. The number of carbonyl (C=O) groups is 1. The first-order valence-electron chi connectivity index (χ1n) is 8.37. The molecule has 1 heterocycles. The highest BCUT2D eigenvalue weighted by Crippen LogP contribution is 2.26. The van der Waals surface area contributed by atoms with Crippen LogP contribution in [0.5, 0.6) is 5.75 Å². The van der Waals surface area contributed by atoms with Gasteiger partial charge in [0.2, 0.25) is 5.91 Å². The first kappa shape index (κ1) is 17.7. The van der Waals surface area contributed by atoms with Crippen LogP contribution in [0, 0.1) is 0 Å². The third-order valence-electron chi connectivity index (χ3n) is 4.40. The van der Waals surface area contributed by atoms with Crippen LogP contribution < -0.4 is 10.1 Å². The minimum atomic E-state index is -0.865. The molecule has 0 aliphatic carbocycles. The highest BCUT2D eigenvalue weighted by Gasteiger charge is 2.32. The van der Waals surface area contributed by atoms with Crippen molar-refractivity contribution in [2.24, 2.45) is 0 Å². The van der Waals surface area contributed by atoms with E-state index in [1.54, 1.807) is 18.1 Å². The maximum absolute atomic E-state index is 13.0. The van der Waals surface area contributed by atoms with Gasteiger partial charge in [0.25, 0.3) is 0 Å². The van der Waals surface area contributed by atoms with Crippen LogP contribution in [-0.4, -0.2) is 27.8 Å². The average molecular weight is 350 g/mol. The number of carbonyl (C=O) groups excluding carboxylic acids is 1. The summed E-state index contributed by atoms with van der Waals surface area (Å²) in [5.41, 5.74) is 1.11.